The maximum atomic E-state index is 10.3. The quantitative estimate of drug-likeness (QED) is 0.467. The molecule has 0 spiro atoms. The van der Waals surface area contributed by atoms with Crippen LogP contribution in [-0.4, -0.2) is 29.5 Å². The van der Waals surface area contributed by atoms with Crippen LogP contribution in [0.15, 0.2) is 5.11 Å². The summed E-state index contributed by atoms with van der Waals surface area (Å²) < 4.78 is 5.96. The maximum Gasteiger partial charge on any atom is 0.0921 e. The fourth-order valence-electron chi connectivity index (χ4n) is 2.44. The Kier molecular flexibility index (Phi) is 4.31. The second kappa shape index (κ2) is 5.08. The predicted molar refractivity (Wildman–Crippen MR) is 71.1 cm³/mol. The molecular formula is C13H25N3O2. The molecule has 18 heavy (non-hydrogen) atoms. The molecule has 4 unspecified atom stereocenters. The molecule has 104 valence electrons. The zero-order chi connectivity index (χ0) is 14.1. The summed E-state index contributed by atoms with van der Waals surface area (Å²) in [6.07, 6.45) is -0.464. The highest BCUT2D eigenvalue weighted by Gasteiger charge is 2.48. The number of hydrogen-bond acceptors (Lipinski definition) is 3. The van der Waals surface area contributed by atoms with Crippen molar-refractivity contribution in [2.45, 2.75) is 72.3 Å². The van der Waals surface area contributed by atoms with Gasteiger partial charge in [0.2, 0.25) is 0 Å². The minimum absolute atomic E-state index is 0.0698. The molecule has 1 aliphatic rings. The van der Waals surface area contributed by atoms with Crippen LogP contribution in [-0.2, 0) is 4.74 Å². The van der Waals surface area contributed by atoms with Gasteiger partial charge in [-0.2, -0.15) is 0 Å². The molecule has 0 saturated carbocycles. The largest absolute Gasteiger partial charge is 0.390 e. The van der Waals surface area contributed by atoms with Crippen LogP contribution >= 0.6 is 0 Å². The maximum absolute atomic E-state index is 10.3. The molecule has 1 rings (SSSR count). The third-order valence-electron chi connectivity index (χ3n) is 3.21. The Morgan fingerprint density at radius 1 is 1.22 bits per heavy atom. The zero-order valence-corrected chi connectivity index (χ0v) is 12.2. The highest BCUT2D eigenvalue weighted by molar-refractivity contribution is 5.00. The highest BCUT2D eigenvalue weighted by Crippen LogP contribution is 2.39. The van der Waals surface area contributed by atoms with E-state index in [9.17, 15) is 5.11 Å². The van der Waals surface area contributed by atoms with Crippen LogP contribution in [0.1, 0.15) is 48.0 Å². The number of aliphatic hydroxyl groups is 1. The molecule has 1 N–H and O–H groups in total. The van der Waals surface area contributed by atoms with E-state index in [1.807, 2.05) is 20.8 Å². The van der Waals surface area contributed by atoms with Crippen LogP contribution in [0.4, 0.5) is 0 Å². The summed E-state index contributed by atoms with van der Waals surface area (Å²) in [5.41, 5.74) is 8.54. The van der Waals surface area contributed by atoms with Crippen molar-refractivity contribution in [1.82, 2.24) is 0 Å². The van der Waals surface area contributed by atoms with Gasteiger partial charge in [-0.1, -0.05) is 46.7 Å². The SMILES string of the molecule is CC(C)(C)CC1OC(C(C)(C)C)C(O)C1N=[N+]=[N-]. The summed E-state index contributed by atoms with van der Waals surface area (Å²) in [4.78, 5) is 2.85. The van der Waals surface area contributed by atoms with Crippen molar-refractivity contribution < 1.29 is 9.84 Å². The lowest BCUT2D eigenvalue weighted by atomic mass is 9.83. The molecule has 1 heterocycles. The van der Waals surface area contributed by atoms with E-state index in [0.717, 1.165) is 6.42 Å². The highest BCUT2D eigenvalue weighted by atomic mass is 16.5. The van der Waals surface area contributed by atoms with E-state index in [1.165, 1.54) is 0 Å². The molecule has 1 saturated heterocycles. The van der Waals surface area contributed by atoms with E-state index >= 15 is 0 Å². The van der Waals surface area contributed by atoms with Gasteiger partial charge in [0.15, 0.2) is 0 Å². The van der Waals surface area contributed by atoms with Crippen molar-refractivity contribution >= 4 is 0 Å². The number of azide groups is 1. The molecule has 0 amide bonds. The van der Waals surface area contributed by atoms with E-state index in [1.54, 1.807) is 0 Å². The lowest BCUT2D eigenvalue weighted by molar-refractivity contribution is -0.0594. The molecular weight excluding hydrogens is 230 g/mol. The second-order valence-electron chi connectivity index (χ2n) is 7.41. The number of rotatable bonds is 2. The molecule has 4 atom stereocenters. The summed E-state index contributed by atoms with van der Waals surface area (Å²) in [7, 11) is 0. The first-order valence-electron chi connectivity index (χ1n) is 6.44. The molecule has 0 aromatic heterocycles. The smallest absolute Gasteiger partial charge is 0.0921 e. The first-order valence-corrected chi connectivity index (χ1v) is 6.44. The van der Waals surface area contributed by atoms with Crippen LogP contribution in [0.5, 0.6) is 0 Å². The third kappa shape index (κ3) is 3.61. The number of aliphatic hydroxyl groups excluding tert-OH is 1. The van der Waals surface area contributed by atoms with Gasteiger partial charge in [-0.05, 0) is 22.8 Å². The molecule has 1 aliphatic heterocycles. The topological polar surface area (TPSA) is 78.2 Å². The Hall–Kier alpha value is -0.770. The van der Waals surface area contributed by atoms with Crippen LogP contribution < -0.4 is 0 Å². The van der Waals surface area contributed by atoms with E-state index in [0.29, 0.717) is 0 Å². The van der Waals surface area contributed by atoms with E-state index in [-0.39, 0.29) is 23.0 Å². The molecule has 5 nitrogen and oxygen atoms in total. The Balaban J connectivity index is 2.93. The molecule has 0 aliphatic carbocycles. The normalized spacial score (nSPS) is 33.3. The Morgan fingerprint density at radius 2 is 1.78 bits per heavy atom. The summed E-state index contributed by atoms with van der Waals surface area (Å²) in [6.45, 7) is 12.4. The Morgan fingerprint density at radius 3 is 2.17 bits per heavy atom. The number of hydrogen-bond donors (Lipinski definition) is 1. The molecule has 1 fully saturated rings. The fourth-order valence-corrected chi connectivity index (χ4v) is 2.44. The van der Waals surface area contributed by atoms with Crippen molar-refractivity contribution in [3.05, 3.63) is 10.4 Å². The zero-order valence-electron chi connectivity index (χ0n) is 12.2. The van der Waals surface area contributed by atoms with Crippen molar-refractivity contribution in [2.24, 2.45) is 15.9 Å². The molecule has 0 aromatic carbocycles. The summed E-state index contributed by atoms with van der Waals surface area (Å²) >= 11 is 0. The molecule has 5 heteroatoms. The monoisotopic (exact) mass is 255 g/mol. The van der Waals surface area contributed by atoms with Crippen molar-refractivity contribution in [1.29, 1.82) is 0 Å². The summed E-state index contributed by atoms with van der Waals surface area (Å²) in [6, 6.07) is -0.488. The van der Waals surface area contributed by atoms with E-state index in [4.69, 9.17) is 10.3 Å². The third-order valence-corrected chi connectivity index (χ3v) is 3.21. The summed E-state index contributed by atoms with van der Waals surface area (Å²) in [5, 5.41) is 14.0. The van der Waals surface area contributed by atoms with Gasteiger partial charge in [-0.15, -0.1) is 0 Å². The number of nitrogens with zero attached hydrogens (tertiary/aromatic N) is 3. The standard InChI is InChI=1S/C13H25N3O2/c1-12(2,3)7-8-9(15-16-14)10(17)11(18-8)13(4,5)6/h8-11,17H,7H2,1-6H3. The van der Waals surface area contributed by atoms with Crippen molar-refractivity contribution in [3.8, 4) is 0 Å². The first kappa shape index (κ1) is 15.3. The van der Waals surface area contributed by atoms with Gasteiger partial charge in [-0.25, -0.2) is 0 Å². The van der Waals surface area contributed by atoms with E-state index in [2.05, 4.69) is 30.8 Å². The van der Waals surface area contributed by atoms with Gasteiger partial charge >= 0.3 is 0 Å². The van der Waals surface area contributed by atoms with Gasteiger partial charge in [0, 0.05) is 4.91 Å². The minimum atomic E-state index is -0.728. The van der Waals surface area contributed by atoms with Crippen molar-refractivity contribution in [2.75, 3.05) is 0 Å². The van der Waals surface area contributed by atoms with Gasteiger partial charge in [0.25, 0.3) is 0 Å². The second-order valence-corrected chi connectivity index (χ2v) is 7.41. The lowest BCUT2D eigenvalue weighted by Crippen LogP contribution is -2.38. The van der Waals surface area contributed by atoms with Crippen LogP contribution in [0.25, 0.3) is 10.4 Å². The van der Waals surface area contributed by atoms with E-state index < -0.39 is 12.1 Å². The number of ether oxygens (including phenoxy) is 1. The minimum Gasteiger partial charge on any atom is -0.390 e. The van der Waals surface area contributed by atoms with Crippen LogP contribution in [0, 0.1) is 10.8 Å². The predicted octanol–water partition coefficient (Wildman–Crippen LogP) is 3.28. The molecule has 0 radical (unpaired) electrons. The fraction of sp³-hybridized carbons (Fsp3) is 1.00. The van der Waals surface area contributed by atoms with Gasteiger partial charge in [-0.3, -0.25) is 0 Å². The van der Waals surface area contributed by atoms with Gasteiger partial charge in [0.1, 0.15) is 0 Å². The molecule has 0 bridgehead atoms. The van der Waals surface area contributed by atoms with Crippen molar-refractivity contribution in [3.63, 3.8) is 0 Å². The lowest BCUT2D eigenvalue weighted by Gasteiger charge is -2.29. The average Bonchev–Trinajstić information content (AvgIpc) is 2.43. The summed E-state index contributed by atoms with van der Waals surface area (Å²) in [5.74, 6) is 0. The molecule has 0 aromatic rings. The Labute approximate surface area is 109 Å². The average molecular weight is 255 g/mol. The van der Waals surface area contributed by atoms with Crippen LogP contribution in [0.2, 0.25) is 0 Å². The first-order chi connectivity index (χ1) is 8.06. The Bertz CT molecular complexity index is 337. The van der Waals surface area contributed by atoms with Gasteiger partial charge < -0.3 is 9.84 Å². The van der Waals surface area contributed by atoms with Gasteiger partial charge in [0.05, 0.1) is 24.4 Å². The van der Waals surface area contributed by atoms with Crippen LogP contribution in [0.3, 0.4) is 0 Å².